The molecule has 1 aliphatic heterocycles. The van der Waals surface area contributed by atoms with Gasteiger partial charge in [0, 0.05) is 35.4 Å². The number of hydrogen-bond donors (Lipinski definition) is 3. The lowest BCUT2D eigenvalue weighted by atomic mass is 10.1. The molecule has 1 unspecified atom stereocenters. The van der Waals surface area contributed by atoms with Gasteiger partial charge in [-0.3, -0.25) is 19.2 Å². The molecule has 4 aromatic rings. The van der Waals surface area contributed by atoms with Gasteiger partial charge >= 0.3 is 0 Å². The Hall–Kier alpha value is -6.02. The standard InChI is InChI=1S/C39H39N5O8S/c1-5-26-22-39(26,38(48)43-53(49,50)29-15-11-8-12-16-29)42-36(46)33-20-28(23-44(33)37(47)24(3)40-35(45)6-2)52-34-21-31(25-13-9-7-10-14-25)41-32-19-27(51-4)17-18-30(32)34/h5-19,21,24,26,28,33H,1-2,20,22-23H2,3-4H3,(H,40,45)(H,42,46)(H,43,48)/t24-,26-,28?,33+,39-/m1/s1. The van der Waals surface area contributed by atoms with Gasteiger partial charge in [-0.05, 0) is 43.7 Å². The lowest BCUT2D eigenvalue weighted by Gasteiger charge is -2.28. The number of nitrogens with one attached hydrogen (secondary N) is 3. The zero-order chi connectivity index (χ0) is 37.9. The highest BCUT2D eigenvalue weighted by atomic mass is 32.2. The monoisotopic (exact) mass is 737 g/mol. The van der Waals surface area contributed by atoms with E-state index in [1.54, 1.807) is 31.4 Å². The van der Waals surface area contributed by atoms with Gasteiger partial charge in [-0.25, -0.2) is 18.1 Å². The molecule has 4 amide bonds. The minimum atomic E-state index is -4.26. The summed E-state index contributed by atoms with van der Waals surface area (Å²) in [6.07, 6.45) is 1.90. The average molecular weight is 738 g/mol. The summed E-state index contributed by atoms with van der Waals surface area (Å²) in [5, 5.41) is 5.97. The maximum Gasteiger partial charge on any atom is 0.264 e. The third-order valence-electron chi connectivity index (χ3n) is 9.44. The van der Waals surface area contributed by atoms with Gasteiger partial charge in [0.2, 0.25) is 17.7 Å². The third kappa shape index (κ3) is 7.63. The molecule has 5 atom stereocenters. The van der Waals surface area contributed by atoms with Crippen molar-refractivity contribution >= 4 is 44.6 Å². The van der Waals surface area contributed by atoms with E-state index in [0.29, 0.717) is 28.1 Å². The molecule has 13 nitrogen and oxygen atoms in total. The van der Waals surface area contributed by atoms with Crippen LogP contribution in [0.3, 0.4) is 0 Å². The van der Waals surface area contributed by atoms with Crippen LogP contribution in [0.25, 0.3) is 22.2 Å². The van der Waals surface area contributed by atoms with Crippen molar-refractivity contribution in [3.63, 3.8) is 0 Å². The first kappa shape index (κ1) is 36.8. The van der Waals surface area contributed by atoms with Gasteiger partial charge in [-0.15, -0.1) is 6.58 Å². The summed E-state index contributed by atoms with van der Waals surface area (Å²) in [5.41, 5.74) is 0.449. The number of rotatable bonds is 13. The Labute approximate surface area is 307 Å². The normalized spacial score (nSPS) is 21.2. The lowest BCUT2D eigenvalue weighted by Crippen LogP contribution is -2.57. The second kappa shape index (κ2) is 14.9. The van der Waals surface area contributed by atoms with E-state index >= 15 is 0 Å². The molecular formula is C39H39N5O8S. The van der Waals surface area contributed by atoms with Crippen LogP contribution in [0.5, 0.6) is 11.5 Å². The van der Waals surface area contributed by atoms with Crippen LogP contribution in [-0.4, -0.2) is 79.3 Å². The molecule has 274 valence electrons. The molecule has 53 heavy (non-hydrogen) atoms. The molecule has 3 N–H and O–H groups in total. The zero-order valence-electron chi connectivity index (χ0n) is 29.2. The Morgan fingerprint density at radius 3 is 2.34 bits per heavy atom. The molecule has 0 bridgehead atoms. The Morgan fingerprint density at radius 1 is 1.00 bits per heavy atom. The van der Waals surface area contributed by atoms with Crippen LogP contribution in [0, 0.1) is 5.92 Å². The first-order valence-electron chi connectivity index (χ1n) is 16.9. The molecule has 1 aliphatic carbocycles. The Bertz CT molecular complexity index is 2200. The smallest absolute Gasteiger partial charge is 0.264 e. The fraction of sp³-hybridized carbons (Fsp3) is 0.256. The van der Waals surface area contributed by atoms with Gasteiger partial charge in [0.25, 0.3) is 15.9 Å². The van der Waals surface area contributed by atoms with Crippen LogP contribution in [0.15, 0.2) is 115 Å². The number of pyridine rings is 1. The topological polar surface area (TPSA) is 173 Å². The minimum Gasteiger partial charge on any atom is -0.497 e. The van der Waals surface area contributed by atoms with Crippen molar-refractivity contribution in [2.45, 2.75) is 48.4 Å². The Kier molecular flexibility index (Phi) is 10.3. The SMILES string of the molecule is C=CC(=O)N[C@H](C)C(=O)N1CC(Oc2cc(-c3ccccc3)nc3cc(OC)ccc23)C[C@H]1C(=O)N[C@]1(C(=O)NS(=O)(=O)c2ccccc2)C[C@H]1C=C. The van der Waals surface area contributed by atoms with Crippen LogP contribution in [0.4, 0.5) is 0 Å². The predicted molar refractivity (Wildman–Crippen MR) is 197 cm³/mol. The third-order valence-corrected chi connectivity index (χ3v) is 10.8. The van der Waals surface area contributed by atoms with Gasteiger partial charge in [-0.1, -0.05) is 61.2 Å². The summed E-state index contributed by atoms with van der Waals surface area (Å²) in [6, 6.07) is 21.9. The van der Waals surface area contributed by atoms with Gasteiger partial charge < -0.3 is 25.0 Å². The number of ether oxygens (including phenoxy) is 2. The van der Waals surface area contributed by atoms with Crippen LogP contribution in [-0.2, 0) is 29.2 Å². The summed E-state index contributed by atoms with van der Waals surface area (Å²) in [5.74, 6) is -2.29. The van der Waals surface area contributed by atoms with E-state index in [1.165, 1.54) is 42.2 Å². The van der Waals surface area contributed by atoms with Crippen molar-refractivity contribution in [3.05, 3.63) is 110 Å². The molecule has 1 aromatic heterocycles. The second-order valence-electron chi connectivity index (χ2n) is 12.9. The first-order chi connectivity index (χ1) is 25.4. The van der Waals surface area contributed by atoms with Crippen molar-refractivity contribution in [1.29, 1.82) is 0 Å². The molecule has 2 heterocycles. The van der Waals surface area contributed by atoms with Gasteiger partial charge in [0.05, 0.1) is 29.8 Å². The number of likely N-dealkylation sites (tertiary alicyclic amines) is 1. The molecule has 1 saturated carbocycles. The fourth-order valence-electron chi connectivity index (χ4n) is 6.50. The van der Waals surface area contributed by atoms with E-state index in [0.717, 1.165) is 11.6 Å². The quantitative estimate of drug-likeness (QED) is 0.137. The number of carbonyl (C=O) groups is 4. The van der Waals surface area contributed by atoms with Crippen LogP contribution >= 0.6 is 0 Å². The molecule has 2 aliphatic rings. The van der Waals surface area contributed by atoms with Crippen LogP contribution in [0.1, 0.15) is 19.8 Å². The molecular weight excluding hydrogens is 699 g/mol. The van der Waals surface area contributed by atoms with E-state index < -0.39 is 63.3 Å². The largest absolute Gasteiger partial charge is 0.497 e. The number of aromatic nitrogens is 1. The van der Waals surface area contributed by atoms with Crippen molar-refractivity contribution < 1.29 is 37.1 Å². The van der Waals surface area contributed by atoms with Crippen LogP contribution < -0.4 is 24.8 Å². The summed E-state index contributed by atoms with van der Waals surface area (Å²) in [6.45, 7) is 8.64. The molecule has 6 rings (SSSR count). The van der Waals surface area contributed by atoms with Gasteiger partial charge in [-0.2, -0.15) is 0 Å². The highest BCUT2D eigenvalue weighted by molar-refractivity contribution is 7.90. The number of amides is 4. The molecule has 0 radical (unpaired) electrons. The van der Waals surface area contributed by atoms with E-state index in [9.17, 15) is 27.6 Å². The second-order valence-corrected chi connectivity index (χ2v) is 14.6. The average Bonchev–Trinajstić information content (AvgIpc) is 3.73. The molecule has 0 spiro atoms. The highest BCUT2D eigenvalue weighted by Crippen LogP contribution is 2.45. The van der Waals surface area contributed by atoms with E-state index in [4.69, 9.17) is 14.5 Å². The van der Waals surface area contributed by atoms with Gasteiger partial charge in [0.1, 0.15) is 35.2 Å². The number of hydrogen-bond acceptors (Lipinski definition) is 9. The van der Waals surface area contributed by atoms with Crippen LogP contribution in [0.2, 0.25) is 0 Å². The Balaban J connectivity index is 1.30. The molecule has 1 saturated heterocycles. The molecule has 2 fully saturated rings. The van der Waals surface area contributed by atoms with Crippen molar-refractivity contribution in [3.8, 4) is 22.8 Å². The van der Waals surface area contributed by atoms with E-state index in [2.05, 4.69) is 28.5 Å². The van der Waals surface area contributed by atoms with E-state index in [-0.39, 0.29) is 24.3 Å². The van der Waals surface area contributed by atoms with Gasteiger partial charge in [0.15, 0.2) is 0 Å². The number of fused-ring (bicyclic) bond motifs is 1. The fourth-order valence-corrected chi connectivity index (χ4v) is 7.56. The summed E-state index contributed by atoms with van der Waals surface area (Å²) >= 11 is 0. The number of carbonyl (C=O) groups excluding carboxylic acids is 4. The number of nitrogens with zero attached hydrogens (tertiary/aromatic N) is 2. The number of sulfonamides is 1. The summed E-state index contributed by atoms with van der Waals surface area (Å²) < 4.78 is 40.2. The van der Waals surface area contributed by atoms with E-state index in [1.807, 2.05) is 36.4 Å². The predicted octanol–water partition coefficient (Wildman–Crippen LogP) is 3.52. The van der Waals surface area contributed by atoms with Crippen molar-refractivity contribution in [2.24, 2.45) is 5.92 Å². The molecule has 3 aromatic carbocycles. The summed E-state index contributed by atoms with van der Waals surface area (Å²) in [7, 11) is -2.70. The van der Waals surface area contributed by atoms with Crippen molar-refractivity contribution in [1.82, 2.24) is 25.2 Å². The molecule has 14 heteroatoms. The zero-order valence-corrected chi connectivity index (χ0v) is 30.0. The number of methoxy groups -OCH3 is 1. The minimum absolute atomic E-state index is 0.0130. The highest BCUT2D eigenvalue weighted by Gasteiger charge is 2.61. The van der Waals surface area contributed by atoms with Crippen molar-refractivity contribution in [2.75, 3.05) is 13.7 Å². The Morgan fingerprint density at radius 2 is 1.70 bits per heavy atom. The maximum absolute atomic E-state index is 14.2. The first-order valence-corrected chi connectivity index (χ1v) is 18.4. The maximum atomic E-state index is 14.2. The summed E-state index contributed by atoms with van der Waals surface area (Å²) in [4.78, 5) is 59.8. The number of benzene rings is 3. The lowest BCUT2D eigenvalue weighted by molar-refractivity contribution is -0.141.